The molecule has 2 aromatic carbocycles. The Labute approximate surface area is 153 Å². The van der Waals surface area contributed by atoms with E-state index in [1.54, 1.807) is 12.1 Å². The van der Waals surface area contributed by atoms with Crippen molar-refractivity contribution in [3.05, 3.63) is 70.7 Å². The van der Waals surface area contributed by atoms with Gasteiger partial charge in [0, 0.05) is 5.02 Å². The third kappa shape index (κ3) is 5.61. The lowest BCUT2D eigenvalue weighted by molar-refractivity contribution is -0.150. The van der Waals surface area contributed by atoms with Gasteiger partial charge in [0.25, 0.3) is 5.91 Å². The Morgan fingerprint density at radius 1 is 1.08 bits per heavy atom. The fourth-order valence-electron chi connectivity index (χ4n) is 2.60. The molecule has 132 valence electrons. The van der Waals surface area contributed by atoms with E-state index in [-0.39, 0.29) is 30.4 Å². The number of hydrogen-bond acceptors (Lipinski definition) is 3. The molecule has 0 heterocycles. The summed E-state index contributed by atoms with van der Waals surface area (Å²) in [6.07, 6.45) is 0.614. The van der Waals surface area contributed by atoms with Crippen molar-refractivity contribution >= 4 is 23.5 Å². The van der Waals surface area contributed by atoms with Crippen molar-refractivity contribution in [2.24, 2.45) is 0 Å². The Hall–Kier alpha value is -2.33. The lowest BCUT2D eigenvalue weighted by Gasteiger charge is -2.17. The summed E-state index contributed by atoms with van der Waals surface area (Å²) in [5, 5.41) is 3.41. The van der Waals surface area contributed by atoms with Crippen LogP contribution >= 0.6 is 11.6 Å². The summed E-state index contributed by atoms with van der Waals surface area (Å²) in [5.41, 5.74) is 1.78. The number of hydrogen-bond donors (Lipinski definition) is 1. The summed E-state index contributed by atoms with van der Waals surface area (Å²) in [5.74, 6) is -1.10. The highest BCUT2D eigenvalue weighted by Gasteiger charge is 2.21. The zero-order valence-electron chi connectivity index (χ0n) is 14.4. The summed E-state index contributed by atoms with van der Waals surface area (Å²) in [6, 6.07) is 16.5. The van der Waals surface area contributed by atoms with Gasteiger partial charge in [0.15, 0.2) is 6.61 Å². The van der Waals surface area contributed by atoms with Crippen LogP contribution in [0.1, 0.15) is 43.4 Å². The molecule has 0 radical (unpaired) electrons. The summed E-state index contributed by atoms with van der Waals surface area (Å²) in [6.45, 7) is 3.47. The summed E-state index contributed by atoms with van der Waals surface area (Å²) in [4.78, 5) is 24.3. The minimum Gasteiger partial charge on any atom is -0.455 e. The summed E-state index contributed by atoms with van der Waals surface area (Å²) in [7, 11) is 0. The topological polar surface area (TPSA) is 55.4 Å². The van der Waals surface area contributed by atoms with E-state index in [9.17, 15) is 9.59 Å². The molecule has 2 aromatic rings. The molecule has 0 unspecified atom stereocenters. The van der Waals surface area contributed by atoms with Gasteiger partial charge in [0.05, 0.1) is 12.0 Å². The molecule has 0 saturated carbocycles. The molecule has 0 fully saturated rings. The minimum atomic E-state index is -0.390. The molecule has 1 N–H and O–H groups in total. The largest absolute Gasteiger partial charge is 0.455 e. The number of nitrogens with one attached hydrogen (secondary N) is 1. The van der Waals surface area contributed by atoms with Gasteiger partial charge < -0.3 is 10.1 Å². The molecule has 0 bridgehead atoms. The zero-order valence-corrected chi connectivity index (χ0v) is 15.1. The monoisotopic (exact) mass is 359 g/mol. The maximum Gasteiger partial charge on any atom is 0.313 e. The van der Waals surface area contributed by atoms with E-state index in [1.807, 2.05) is 56.3 Å². The van der Waals surface area contributed by atoms with E-state index in [0.717, 1.165) is 11.1 Å². The molecule has 1 amide bonds. The van der Waals surface area contributed by atoms with Crippen molar-refractivity contribution in [2.45, 2.75) is 32.2 Å². The highest BCUT2D eigenvalue weighted by atomic mass is 35.5. The van der Waals surface area contributed by atoms with E-state index in [1.165, 1.54) is 0 Å². The molecule has 0 aliphatic carbocycles. The minimum absolute atomic E-state index is 0.221. The van der Waals surface area contributed by atoms with Gasteiger partial charge in [-0.15, -0.1) is 0 Å². The molecule has 25 heavy (non-hydrogen) atoms. The van der Waals surface area contributed by atoms with Crippen molar-refractivity contribution in [3.63, 3.8) is 0 Å². The normalized spacial score (nSPS) is 12.9. The van der Waals surface area contributed by atoms with Gasteiger partial charge in [0.2, 0.25) is 0 Å². The van der Waals surface area contributed by atoms with Gasteiger partial charge in [-0.25, -0.2) is 0 Å². The lowest BCUT2D eigenvalue weighted by Crippen LogP contribution is -2.32. The van der Waals surface area contributed by atoms with Crippen LogP contribution in [-0.2, 0) is 14.3 Å². The third-order valence-electron chi connectivity index (χ3n) is 3.97. The molecule has 5 heteroatoms. The van der Waals surface area contributed by atoms with Crippen molar-refractivity contribution in [1.29, 1.82) is 0 Å². The molecule has 0 aromatic heterocycles. The molecule has 0 aliphatic rings. The number of esters is 1. The van der Waals surface area contributed by atoms with E-state index in [2.05, 4.69) is 5.32 Å². The number of amides is 1. The second kappa shape index (κ2) is 9.23. The Morgan fingerprint density at radius 2 is 1.76 bits per heavy atom. The van der Waals surface area contributed by atoms with Crippen LogP contribution in [0.4, 0.5) is 0 Å². The number of carbonyl (C=O) groups excluding carboxylic acids is 2. The van der Waals surface area contributed by atoms with Crippen LogP contribution in [0.3, 0.4) is 0 Å². The first-order valence-corrected chi connectivity index (χ1v) is 8.65. The SMILES string of the molecule is CC[C@@H](C(=O)OCC(=O)N[C@@H](C)c1cccc(Cl)c1)c1ccccc1. The van der Waals surface area contributed by atoms with Crippen molar-refractivity contribution in [2.75, 3.05) is 6.61 Å². The van der Waals surface area contributed by atoms with Gasteiger partial charge >= 0.3 is 5.97 Å². The second-order valence-corrected chi connectivity index (χ2v) is 6.26. The van der Waals surface area contributed by atoms with Crippen LogP contribution in [0.25, 0.3) is 0 Å². The number of ether oxygens (including phenoxy) is 1. The van der Waals surface area contributed by atoms with E-state index >= 15 is 0 Å². The molecule has 0 spiro atoms. The van der Waals surface area contributed by atoms with Crippen LogP contribution in [0.15, 0.2) is 54.6 Å². The maximum absolute atomic E-state index is 12.3. The fraction of sp³-hybridized carbons (Fsp3) is 0.300. The van der Waals surface area contributed by atoms with Gasteiger partial charge in [-0.05, 0) is 36.6 Å². The highest BCUT2D eigenvalue weighted by molar-refractivity contribution is 6.30. The second-order valence-electron chi connectivity index (χ2n) is 5.82. The average Bonchev–Trinajstić information content (AvgIpc) is 2.61. The van der Waals surface area contributed by atoms with Crippen molar-refractivity contribution < 1.29 is 14.3 Å². The first-order chi connectivity index (χ1) is 12.0. The number of carbonyl (C=O) groups is 2. The molecule has 2 atom stereocenters. The number of halogens is 1. The number of rotatable bonds is 7. The van der Waals surface area contributed by atoms with E-state index in [0.29, 0.717) is 11.4 Å². The molecule has 4 nitrogen and oxygen atoms in total. The lowest BCUT2D eigenvalue weighted by atomic mass is 9.97. The Morgan fingerprint density at radius 3 is 2.40 bits per heavy atom. The maximum atomic E-state index is 12.3. The molecule has 2 rings (SSSR count). The molecular weight excluding hydrogens is 338 g/mol. The first-order valence-electron chi connectivity index (χ1n) is 8.27. The Kier molecular flexibility index (Phi) is 7.02. The van der Waals surface area contributed by atoms with Gasteiger partial charge in [0.1, 0.15) is 0 Å². The van der Waals surface area contributed by atoms with E-state index < -0.39 is 0 Å². The third-order valence-corrected chi connectivity index (χ3v) is 4.20. The Balaban J connectivity index is 1.87. The zero-order chi connectivity index (χ0) is 18.2. The summed E-state index contributed by atoms with van der Waals surface area (Å²) >= 11 is 5.96. The average molecular weight is 360 g/mol. The fourth-order valence-corrected chi connectivity index (χ4v) is 2.80. The van der Waals surface area contributed by atoms with Crippen LogP contribution in [0.5, 0.6) is 0 Å². The van der Waals surface area contributed by atoms with Gasteiger partial charge in [-0.3, -0.25) is 9.59 Å². The molecule has 0 saturated heterocycles. The first kappa shape index (κ1) is 19.0. The summed E-state index contributed by atoms with van der Waals surface area (Å²) < 4.78 is 5.19. The molecule has 0 aliphatic heterocycles. The van der Waals surface area contributed by atoms with Gasteiger partial charge in [-0.1, -0.05) is 61.0 Å². The van der Waals surface area contributed by atoms with Crippen LogP contribution in [0.2, 0.25) is 5.02 Å². The number of benzene rings is 2. The smallest absolute Gasteiger partial charge is 0.313 e. The molecular formula is C20H22ClNO3. The standard InChI is InChI=1S/C20H22ClNO3/c1-3-18(15-8-5-4-6-9-15)20(24)25-13-19(23)22-14(2)16-10-7-11-17(21)12-16/h4-12,14,18H,3,13H2,1-2H3,(H,22,23)/t14-,18+/m0/s1. The van der Waals surface area contributed by atoms with Crippen LogP contribution in [-0.4, -0.2) is 18.5 Å². The van der Waals surface area contributed by atoms with Gasteiger partial charge in [-0.2, -0.15) is 0 Å². The predicted molar refractivity (Wildman–Crippen MR) is 98.4 cm³/mol. The van der Waals surface area contributed by atoms with Crippen molar-refractivity contribution in [3.8, 4) is 0 Å². The van der Waals surface area contributed by atoms with Crippen LogP contribution in [0, 0.1) is 0 Å². The van der Waals surface area contributed by atoms with Crippen molar-refractivity contribution in [1.82, 2.24) is 5.32 Å². The highest BCUT2D eigenvalue weighted by Crippen LogP contribution is 2.21. The Bertz CT molecular complexity index is 718. The quantitative estimate of drug-likeness (QED) is 0.752. The van der Waals surface area contributed by atoms with E-state index in [4.69, 9.17) is 16.3 Å². The predicted octanol–water partition coefficient (Wildman–Crippen LogP) is 4.25. The van der Waals surface area contributed by atoms with Crippen LogP contribution < -0.4 is 5.32 Å².